The van der Waals surface area contributed by atoms with Crippen molar-refractivity contribution < 1.29 is 19.1 Å². The first kappa shape index (κ1) is 17.8. The third-order valence-electron chi connectivity index (χ3n) is 4.71. The van der Waals surface area contributed by atoms with Crippen molar-refractivity contribution in [2.75, 3.05) is 27.3 Å². The number of likely N-dealkylation sites (tertiary alicyclic amines) is 1. The molecular formula is C18H22N4O4. The lowest BCUT2D eigenvalue weighted by Gasteiger charge is -2.31. The Balaban J connectivity index is 1.67. The van der Waals surface area contributed by atoms with E-state index >= 15 is 0 Å². The zero-order chi connectivity index (χ0) is 18.7. The first-order valence-corrected chi connectivity index (χ1v) is 8.40. The summed E-state index contributed by atoms with van der Waals surface area (Å²) in [6, 6.07) is 6.87. The number of methoxy groups -OCH3 is 2. The average molecular weight is 358 g/mol. The third kappa shape index (κ3) is 3.49. The second kappa shape index (κ2) is 7.47. The number of hydrogen-bond acceptors (Lipinski definition) is 5. The van der Waals surface area contributed by atoms with Gasteiger partial charge in [-0.3, -0.25) is 14.7 Å². The molecule has 1 aromatic heterocycles. The van der Waals surface area contributed by atoms with Crippen LogP contribution in [0.15, 0.2) is 24.3 Å². The molecule has 3 N–H and O–H groups in total. The molecule has 2 amide bonds. The number of aromatic amines is 1. The smallest absolute Gasteiger partial charge is 0.269 e. The van der Waals surface area contributed by atoms with Crippen LogP contribution in [0, 0.1) is 0 Å². The highest BCUT2D eigenvalue weighted by atomic mass is 16.5. The number of nitrogens with one attached hydrogen (secondary N) is 1. The molecule has 1 aliphatic heterocycles. The number of hydrogen-bond donors (Lipinski definition) is 2. The monoisotopic (exact) mass is 358 g/mol. The van der Waals surface area contributed by atoms with E-state index in [1.54, 1.807) is 31.4 Å². The average Bonchev–Trinajstić information content (AvgIpc) is 3.17. The van der Waals surface area contributed by atoms with E-state index in [9.17, 15) is 9.59 Å². The van der Waals surface area contributed by atoms with Crippen molar-refractivity contribution in [3.05, 3.63) is 41.2 Å². The first-order valence-electron chi connectivity index (χ1n) is 8.40. The lowest BCUT2D eigenvalue weighted by Crippen LogP contribution is -2.38. The number of H-pyrrole nitrogens is 1. The molecule has 2 aromatic rings. The van der Waals surface area contributed by atoms with E-state index in [1.807, 2.05) is 4.90 Å². The Bertz CT molecular complexity index is 809. The minimum Gasteiger partial charge on any atom is -0.497 e. The summed E-state index contributed by atoms with van der Waals surface area (Å²) < 4.78 is 10.5. The number of carbonyl (C=O) groups is 2. The van der Waals surface area contributed by atoms with Crippen molar-refractivity contribution in [2.45, 2.75) is 18.8 Å². The number of aromatic nitrogens is 2. The first-order chi connectivity index (χ1) is 12.5. The van der Waals surface area contributed by atoms with Crippen molar-refractivity contribution in [1.82, 2.24) is 15.1 Å². The van der Waals surface area contributed by atoms with E-state index in [-0.39, 0.29) is 17.5 Å². The van der Waals surface area contributed by atoms with E-state index in [0.717, 1.165) is 18.5 Å². The van der Waals surface area contributed by atoms with Crippen LogP contribution in [0.25, 0.3) is 0 Å². The summed E-state index contributed by atoms with van der Waals surface area (Å²) in [5.41, 5.74) is 6.87. The molecule has 1 saturated heterocycles. The van der Waals surface area contributed by atoms with Gasteiger partial charge in [0.2, 0.25) is 0 Å². The summed E-state index contributed by atoms with van der Waals surface area (Å²) >= 11 is 0. The molecule has 1 aromatic carbocycles. The third-order valence-corrected chi connectivity index (χ3v) is 4.71. The molecule has 138 valence electrons. The van der Waals surface area contributed by atoms with Crippen molar-refractivity contribution in [3.63, 3.8) is 0 Å². The summed E-state index contributed by atoms with van der Waals surface area (Å²) in [5, 5.41) is 6.80. The molecule has 0 saturated carbocycles. The summed E-state index contributed by atoms with van der Waals surface area (Å²) in [6.45, 7) is 1.23. The van der Waals surface area contributed by atoms with E-state index in [1.165, 1.54) is 7.11 Å². The number of amides is 2. The van der Waals surface area contributed by atoms with Gasteiger partial charge in [0.1, 0.15) is 17.2 Å². The number of ether oxygens (including phenoxy) is 2. The Morgan fingerprint density at radius 1 is 1.19 bits per heavy atom. The number of piperidine rings is 1. The van der Waals surface area contributed by atoms with Crippen LogP contribution in [0.1, 0.15) is 45.3 Å². The van der Waals surface area contributed by atoms with Crippen molar-refractivity contribution >= 4 is 11.8 Å². The normalized spacial score (nSPS) is 14.9. The number of rotatable bonds is 5. The molecule has 1 fully saturated rings. The second-order valence-electron chi connectivity index (χ2n) is 6.21. The summed E-state index contributed by atoms with van der Waals surface area (Å²) in [4.78, 5) is 25.8. The van der Waals surface area contributed by atoms with E-state index < -0.39 is 5.91 Å². The molecule has 0 radical (unpaired) electrons. The summed E-state index contributed by atoms with van der Waals surface area (Å²) in [7, 11) is 3.10. The molecule has 0 atom stereocenters. The largest absolute Gasteiger partial charge is 0.497 e. The molecule has 2 heterocycles. The maximum Gasteiger partial charge on any atom is 0.269 e. The van der Waals surface area contributed by atoms with Gasteiger partial charge in [-0.25, -0.2) is 0 Å². The van der Waals surface area contributed by atoms with Crippen LogP contribution in [0.5, 0.6) is 11.5 Å². The topological polar surface area (TPSA) is 111 Å². The predicted molar refractivity (Wildman–Crippen MR) is 94.5 cm³/mol. The van der Waals surface area contributed by atoms with Gasteiger partial charge < -0.3 is 20.1 Å². The van der Waals surface area contributed by atoms with Gasteiger partial charge in [0, 0.05) is 30.8 Å². The van der Waals surface area contributed by atoms with Crippen LogP contribution in [-0.4, -0.2) is 54.2 Å². The van der Waals surface area contributed by atoms with Crippen LogP contribution in [0.2, 0.25) is 0 Å². The highest BCUT2D eigenvalue weighted by Gasteiger charge is 2.27. The fourth-order valence-corrected chi connectivity index (χ4v) is 3.21. The van der Waals surface area contributed by atoms with Crippen LogP contribution >= 0.6 is 0 Å². The van der Waals surface area contributed by atoms with Crippen molar-refractivity contribution in [3.8, 4) is 11.5 Å². The molecule has 0 bridgehead atoms. The molecule has 0 aliphatic carbocycles. The molecule has 0 unspecified atom stereocenters. The van der Waals surface area contributed by atoms with Gasteiger partial charge in [0.15, 0.2) is 0 Å². The second-order valence-corrected chi connectivity index (χ2v) is 6.21. The molecule has 26 heavy (non-hydrogen) atoms. The van der Waals surface area contributed by atoms with E-state index in [4.69, 9.17) is 15.2 Å². The Labute approximate surface area is 151 Å². The fraction of sp³-hybridized carbons (Fsp3) is 0.389. The maximum atomic E-state index is 12.8. The number of carbonyl (C=O) groups excluding carboxylic acids is 2. The minimum atomic E-state index is -0.549. The molecule has 3 rings (SSSR count). The summed E-state index contributed by atoms with van der Waals surface area (Å²) in [5.74, 6) is 0.743. The van der Waals surface area contributed by atoms with Crippen molar-refractivity contribution in [2.24, 2.45) is 5.73 Å². The standard InChI is InChI=1S/C18H22N4O4/c1-25-12-3-4-13(16(9-12)26-2)18(24)22-7-5-11(6-8-22)14-10-15(17(19)23)21-20-14/h3-4,9-11H,5-8H2,1-2H3,(H2,19,23)(H,20,21). The van der Waals surface area contributed by atoms with E-state index in [2.05, 4.69) is 10.2 Å². The highest BCUT2D eigenvalue weighted by Crippen LogP contribution is 2.30. The molecule has 8 nitrogen and oxygen atoms in total. The van der Waals surface area contributed by atoms with Gasteiger partial charge in [-0.05, 0) is 31.0 Å². The van der Waals surface area contributed by atoms with Crippen LogP contribution in [0.3, 0.4) is 0 Å². The molecular weight excluding hydrogens is 336 g/mol. The Kier molecular flexibility index (Phi) is 5.11. The van der Waals surface area contributed by atoms with Crippen LogP contribution < -0.4 is 15.2 Å². The zero-order valence-corrected chi connectivity index (χ0v) is 14.8. The van der Waals surface area contributed by atoms with Gasteiger partial charge in [0.05, 0.1) is 19.8 Å². The highest BCUT2D eigenvalue weighted by molar-refractivity contribution is 5.97. The van der Waals surface area contributed by atoms with Gasteiger partial charge in [-0.1, -0.05) is 0 Å². The van der Waals surface area contributed by atoms with Gasteiger partial charge in [-0.2, -0.15) is 5.10 Å². The minimum absolute atomic E-state index is 0.0645. The quantitative estimate of drug-likeness (QED) is 0.842. The SMILES string of the molecule is COc1ccc(C(=O)N2CCC(c3cc(C(N)=O)n[nH]3)CC2)c(OC)c1. The predicted octanol–water partition coefficient (Wildman–Crippen LogP) is 1.55. The van der Waals surface area contributed by atoms with Gasteiger partial charge in [0.25, 0.3) is 11.8 Å². The van der Waals surface area contributed by atoms with Crippen molar-refractivity contribution in [1.29, 1.82) is 0 Å². The van der Waals surface area contributed by atoms with E-state index in [0.29, 0.717) is 30.2 Å². The Morgan fingerprint density at radius 3 is 2.50 bits per heavy atom. The number of primary amides is 1. The molecule has 1 aliphatic rings. The lowest BCUT2D eigenvalue weighted by atomic mass is 9.93. The van der Waals surface area contributed by atoms with Gasteiger partial charge >= 0.3 is 0 Å². The summed E-state index contributed by atoms with van der Waals surface area (Å²) in [6.07, 6.45) is 1.56. The Morgan fingerprint density at radius 2 is 1.92 bits per heavy atom. The molecule has 8 heteroatoms. The number of nitrogens with zero attached hydrogens (tertiary/aromatic N) is 2. The maximum absolute atomic E-state index is 12.8. The van der Waals surface area contributed by atoms with Crippen LogP contribution in [-0.2, 0) is 0 Å². The fourth-order valence-electron chi connectivity index (χ4n) is 3.21. The number of benzene rings is 1. The zero-order valence-electron chi connectivity index (χ0n) is 14.8. The lowest BCUT2D eigenvalue weighted by molar-refractivity contribution is 0.0708. The molecule has 0 spiro atoms. The van der Waals surface area contributed by atoms with Crippen LogP contribution in [0.4, 0.5) is 0 Å². The number of nitrogens with two attached hydrogens (primary N) is 1. The van der Waals surface area contributed by atoms with Gasteiger partial charge in [-0.15, -0.1) is 0 Å². The Hall–Kier alpha value is -3.03.